The molecule has 0 aliphatic heterocycles. The van der Waals surface area contributed by atoms with Crippen LogP contribution in [-0.2, 0) is 4.79 Å². The number of nitrogens with two attached hydrogens (primary N) is 1. The molecule has 0 bridgehead atoms. The fourth-order valence-corrected chi connectivity index (χ4v) is 2.42. The molecule has 29 heavy (non-hydrogen) atoms. The molecule has 0 saturated heterocycles. The van der Waals surface area contributed by atoms with E-state index in [1.807, 2.05) is 19.1 Å². The molecule has 0 heterocycles. The first-order valence-electron chi connectivity index (χ1n) is 8.92. The van der Waals surface area contributed by atoms with Gasteiger partial charge in [-0.25, -0.2) is 0 Å². The minimum atomic E-state index is -1.17. The Kier molecular flexibility index (Phi) is 7.56. The first kappa shape index (κ1) is 21.7. The zero-order valence-electron chi connectivity index (χ0n) is 16.2. The first-order valence-corrected chi connectivity index (χ1v) is 8.92. The summed E-state index contributed by atoms with van der Waals surface area (Å²) >= 11 is 0. The van der Waals surface area contributed by atoms with Gasteiger partial charge in [0.05, 0.1) is 6.10 Å². The van der Waals surface area contributed by atoms with Crippen LogP contribution in [0.15, 0.2) is 42.5 Å². The number of aliphatic hydroxyl groups excluding tert-OH is 2. The number of nitrogens with one attached hydrogen (secondary N) is 1. The minimum Gasteiger partial charge on any atom is -0.398 e. The quantitative estimate of drug-likeness (QED) is 0.450. The van der Waals surface area contributed by atoms with E-state index in [0.29, 0.717) is 16.8 Å². The van der Waals surface area contributed by atoms with Crippen LogP contribution < -0.4 is 11.1 Å². The second-order valence-electron chi connectivity index (χ2n) is 6.46. The van der Waals surface area contributed by atoms with E-state index in [0.717, 1.165) is 11.1 Å². The van der Waals surface area contributed by atoms with Crippen molar-refractivity contribution >= 4 is 17.4 Å². The van der Waals surface area contributed by atoms with Crippen LogP contribution in [0.3, 0.4) is 0 Å². The summed E-state index contributed by atoms with van der Waals surface area (Å²) in [6.45, 7) is 2.52. The summed E-state index contributed by atoms with van der Waals surface area (Å²) in [7, 11) is 0. The Hall–Kier alpha value is -3.58. The van der Waals surface area contributed by atoms with E-state index in [9.17, 15) is 14.7 Å². The molecule has 148 valence electrons. The molecule has 0 unspecified atom stereocenters. The largest absolute Gasteiger partial charge is 0.398 e. The first-order chi connectivity index (χ1) is 13.8. The van der Waals surface area contributed by atoms with Crippen molar-refractivity contribution in [2.24, 2.45) is 0 Å². The van der Waals surface area contributed by atoms with E-state index in [4.69, 9.17) is 10.8 Å². The maximum Gasteiger partial charge on any atom is 0.251 e. The highest BCUT2D eigenvalue weighted by molar-refractivity contribution is 5.98. The van der Waals surface area contributed by atoms with Crippen LogP contribution in [0.25, 0.3) is 0 Å². The van der Waals surface area contributed by atoms with Crippen molar-refractivity contribution in [2.45, 2.75) is 26.0 Å². The Bertz CT molecular complexity index is 1020. The van der Waals surface area contributed by atoms with Gasteiger partial charge in [-0.05, 0) is 67.6 Å². The number of benzene rings is 2. The van der Waals surface area contributed by atoms with Crippen LogP contribution >= 0.6 is 0 Å². The Balaban J connectivity index is 2.05. The van der Waals surface area contributed by atoms with E-state index in [2.05, 4.69) is 29.0 Å². The van der Waals surface area contributed by atoms with Gasteiger partial charge in [-0.1, -0.05) is 17.9 Å². The van der Waals surface area contributed by atoms with Crippen LogP contribution in [0.5, 0.6) is 0 Å². The highest BCUT2D eigenvalue weighted by Crippen LogP contribution is 2.11. The number of carbonyl (C=O) groups is 2. The Morgan fingerprint density at radius 2 is 1.66 bits per heavy atom. The predicted molar refractivity (Wildman–Crippen MR) is 111 cm³/mol. The maximum atomic E-state index is 12.2. The average Bonchev–Trinajstić information content (AvgIpc) is 2.71. The lowest BCUT2D eigenvalue weighted by atomic mass is 10.1. The van der Waals surface area contributed by atoms with Gasteiger partial charge in [0.1, 0.15) is 12.6 Å². The van der Waals surface area contributed by atoms with Crippen LogP contribution in [0.4, 0.5) is 5.69 Å². The SMILES string of the molecule is Cc1ccc(C#CC#Cc2ccc(C(=O)N[C@H](C(=O)CO)[C@@H](C)O)cc2)cc1N. The number of ketones is 1. The lowest BCUT2D eigenvalue weighted by Gasteiger charge is -2.19. The molecule has 2 atom stereocenters. The monoisotopic (exact) mass is 390 g/mol. The number of nitrogen functional groups attached to an aromatic ring is 1. The summed E-state index contributed by atoms with van der Waals surface area (Å²) in [6, 6.07) is 10.8. The summed E-state index contributed by atoms with van der Waals surface area (Å²) in [4.78, 5) is 23.8. The predicted octanol–water partition coefficient (Wildman–Crippen LogP) is 1.02. The van der Waals surface area contributed by atoms with E-state index >= 15 is 0 Å². The van der Waals surface area contributed by atoms with E-state index in [1.54, 1.807) is 30.3 Å². The van der Waals surface area contributed by atoms with E-state index in [1.165, 1.54) is 6.92 Å². The number of amides is 1. The molecule has 0 radical (unpaired) electrons. The normalized spacial score (nSPS) is 11.9. The van der Waals surface area contributed by atoms with Gasteiger partial charge in [0.25, 0.3) is 5.91 Å². The maximum absolute atomic E-state index is 12.2. The van der Waals surface area contributed by atoms with Gasteiger partial charge in [-0.15, -0.1) is 0 Å². The fraction of sp³-hybridized carbons (Fsp3) is 0.217. The molecule has 6 heteroatoms. The lowest BCUT2D eigenvalue weighted by Crippen LogP contribution is -2.48. The molecule has 0 aliphatic carbocycles. The number of aryl methyl sites for hydroxylation is 1. The van der Waals surface area contributed by atoms with E-state index < -0.39 is 30.4 Å². The molecule has 0 aliphatic rings. The standard InChI is InChI=1S/C23H22N2O4/c1-15-7-8-18(13-20(15)24)6-4-3-5-17-9-11-19(12-10-17)23(29)25-22(16(2)27)21(28)14-26/h7-13,16,22,26-27H,14,24H2,1-2H3,(H,25,29)/t16-,22+/m1/s1. The van der Waals surface area contributed by atoms with Gasteiger partial charge in [0.2, 0.25) is 0 Å². The number of aliphatic hydroxyl groups is 2. The summed E-state index contributed by atoms with van der Waals surface area (Å²) in [5.41, 5.74) is 9.26. The third-order valence-corrected chi connectivity index (χ3v) is 4.17. The molecule has 1 amide bonds. The number of hydrogen-bond acceptors (Lipinski definition) is 5. The van der Waals surface area contributed by atoms with Gasteiger partial charge in [0.15, 0.2) is 5.78 Å². The number of hydrogen-bond donors (Lipinski definition) is 4. The summed E-state index contributed by atoms with van der Waals surface area (Å²) in [6.07, 6.45) is -1.12. The van der Waals surface area contributed by atoms with Crippen molar-refractivity contribution in [2.75, 3.05) is 12.3 Å². The molecule has 6 nitrogen and oxygen atoms in total. The number of rotatable bonds is 5. The number of Topliss-reactive ketones (excluding diaryl/α,β-unsaturated/α-hetero) is 1. The van der Waals surface area contributed by atoms with Gasteiger partial charge < -0.3 is 21.3 Å². The van der Waals surface area contributed by atoms with Crippen molar-refractivity contribution in [1.82, 2.24) is 5.32 Å². The Morgan fingerprint density at radius 1 is 1.07 bits per heavy atom. The fourth-order valence-electron chi connectivity index (χ4n) is 2.42. The number of carbonyl (C=O) groups excluding carboxylic acids is 2. The summed E-state index contributed by atoms with van der Waals surface area (Å²) in [5, 5.41) is 20.9. The van der Waals surface area contributed by atoms with Gasteiger partial charge in [0, 0.05) is 22.4 Å². The Labute approximate surface area is 169 Å². The lowest BCUT2D eigenvalue weighted by molar-refractivity contribution is -0.125. The summed E-state index contributed by atoms with van der Waals surface area (Å²) < 4.78 is 0. The van der Waals surface area contributed by atoms with Crippen molar-refractivity contribution in [3.05, 3.63) is 64.7 Å². The van der Waals surface area contributed by atoms with Gasteiger partial charge in [-0.3, -0.25) is 9.59 Å². The van der Waals surface area contributed by atoms with Crippen LogP contribution in [-0.4, -0.2) is 40.7 Å². The zero-order valence-corrected chi connectivity index (χ0v) is 16.2. The molecular weight excluding hydrogens is 368 g/mol. The molecule has 5 N–H and O–H groups in total. The van der Waals surface area contributed by atoms with Crippen molar-refractivity contribution in [3.8, 4) is 23.7 Å². The third-order valence-electron chi connectivity index (χ3n) is 4.17. The van der Waals surface area contributed by atoms with Crippen molar-refractivity contribution < 1.29 is 19.8 Å². The second kappa shape index (κ2) is 10.1. The summed E-state index contributed by atoms with van der Waals surface area (Å²) in [5.74, 6) is 10.1. The molecule has 0 aromatic heterocycles. The topological polar surface area (TPSA) is 113 Å². The molecule has 2 aromatic carbocycles. The smallest absolute Gasteiger partial charge is 0.251 e. The molecule has 2 rings (SSSR count). The highest BCUT2D eigenvalue weighted by atomic mass is 16.3. The van der Waals surface area contributed by atoms with Crippen LogP contribution in [0.2, 0.25) is 0 Å². The zero-order chi connectivity index (χ0) is 21.4. The van der Waals surface area contributed by atoms with Crippen LogP contribution in [0.1, 0.15) is 34.0 Å². The number of anilines is 1. The molecule has 0 fully saturated rings. The average molecular weight is 390 g/mol. The molecular formula is C23H22N2O4. The van der Waals surface area contributed by atoms with Gasteiger partial charge in [-0.2, -0.15) is 0 Å². The molecule has 0 saturated carbocycles. The van der Waals surface area contributed by atoms with Crippen molar-refractivity contribution in [1.29, 1.82) is 0 Å². The van der Waals surface area contributed by atoms with Crippen LogP contribution in [0, 0.1) is 30.6 Å². The minimum absolute atomic E-state index is 0.299. The molecule has 0 spiro atoms. The highest BCUT2D eigenvalue weighted by Gasteiger charge is 2.25. The third kappa shape index (κ3) is 6.22. The second-order valence-corrected chi connectivity index (χ2v) is 6.46. The molecule has 2 aromatic rings. The van der Waals surface area contributed by atoms with E-state index in [-0.39, 0.29) is 0 Å². The Morgan fingerprint density at radius 3 is 2.21 bits per heavy atom. The van der Waals surface area contributed by atoms with Gasteiger partial charge >= 0.3 is 0 Å². The van der Waals surface area contributed by atoms with Crippen molar-refractivity contribution in [3.63, 3.8) is 0 Å².